The predicted molar refractivity (Wildman–Crippen MR) is 83.8 cm³/mol. The number of aliphatic hydroxyl groups is 1. The quantitative estimate of drug-likeness (QED) is 0.890. The van der Waals surface area contributed by atoms with Gasteiger partial charge < -0.3 is 10.4 Å². The third-order valence-corrected chi connectivity index (χ3v) is 3.61. The van der Waals surface area contributed by atoms with Gasteiger partial charge in [-0.15, -0.1) is 0 Å². The monoisotopic (exact) mass is 307 g/mol. The van der Waals surface area contributed by atoms with Gasteiger partial charge in [-0.05, 0) is 19.4 Å². The van der Waals surface area contributed by atoms with E-state index < -0.39 is 5.56 Å². The molecule has 1 heterocycles. The Labute approximate surface area is 128 Å². The largest absolute Gasteiger partial charge is 0.394 e. The number of rotatable bonds is 5. The lowest BCUT2D eigenvalue weighted by molar-refractivity contribution is 0.266. The zero-order chi connectivity index (χ0) is 15.4. The molecule has 1 aromatic carbocycles. The van der Waals surface area contributed by atoms with Crippen molar-refractivity contribution in [2.24, 2.45) is 0 Å². The molecule has 0 saturated heterocycles. The second-order valence-electron chi connectivity index (χ2n) is 4.90. The minimum atomic E-state index is -0.410. The van der Waals surface area contributed by atoms with Gasteiger partial charge in [0, 0.05) is 6.04 Å². The Morgan fingerprint density at radius 1 is 1.38 bits per heavy atom. The highest BCUT2D eigenvalue weighted by atomic mass is 35.5. The van der Waals surface area contributed by atoms with Gasteiger partial charge in [-0.25, -0.2) is 4.68 Å². The Hall–Kier alpha value is -1.85. The SMILES string of the molecule is Cc1ccc(C(C)Nc2cnn(CCO)c(=O)c2Cl)cc1. The molecule has 0 bridgehead atoms. The predicted octanol–water partition coefficient (Wildman–Crippen LogP) is 2.37. The maximum atomic E-state index is 12.0. The fraction of sp³-hybridized carbons (Fsp3) is 0.333. The lowest BCUT2D eigenvalue weighted by Gasteiger charge is -2.17. The van der Waals surface area contributed by atoms with Crippen LogP contribution in [-0.2, 0) is 6.54 Å². The van der Waals surface area contributed by atoms with E-state index in [4.69, 9.17) is 16.7 Å². The molecule has 1 atom stereocenters. The average molecular weight is 308 g/mol. The molecule has 1 aromatic heterocycles. The summed E-state index contributed by atoms with van der Waals surface area (Å²) in [5.74, 6) is 0. The van der Waals surface area contributed by atoms with Crippen molar-refractivity contribution in [3.05, 3.63) is 57.0 Å². The van der Waals surface area contributed by atoms with Crippen molar-refractivity contribution in [3.8, 4) is 0 Å². The Balaban J connectivity index is 2.21. The summed E-state index contributed by atoms with van der Waals surface area (Å²) in [4.78, 5) is 12.0. The van der Waals surface area contributed by atoms with Gasteiger partial charge in [0.25, 0.3) is 5.56 Å². The molecule has 0 aliphatic heterocycles. The van der Waals surface area contributed by atoms with Gasteiger partial charge in [-0.3, -0.25) is 4.79 Å². The number of aliphatic hydroxyl groups excluding tert-OH is 1. The molecular formula is C15H18ClN3O2. The molecule has 5 nitrogen and oxygen atoms in total. The smallest absolute Gasteiger partial charge is 0.287 e. The maximum absolute atomic E-state index is 12.0. The van der Waals surface area contributed by atoms with E-state index in [1.165, 1.54) is 11.8 Å². The van der Waals surface area contributed by atoms with E-state index in [1.54, 1.807) is 0 Å². The van der Waals surface area contributed by atoms with Gasteiger partial charge in [0.05, 0.1) is 25.0 Å². The third kappa shape index (κ3) is 3.62. The third-order valence-electron chi connectivity index (χ3n) is 3.25. The maximum Gasteiger partial charge on any atom is 0.287 e. The van der Waals surface area contributed by atoms with Crippen LogP contribution in [-0.4, -0.2) is 21.5 Å². The lowest BCUT2D eigenvalue weighted by Crippen LogP contribution is -2.26. The van der Waals surface area contributed by atoms with Crippen molar-refractivity contribution in [2.45, 2.75) is 26.4 Å². The van der Waals surface area contributed by atoms with Gasteiger partial charge in [0.1, 0.15) is 5.02 Å². The van der Waals surface area contributed by atoms with Crippen LogP contribution in [0.1, 0.15) is 24.1 Å². The number of nitrogens with one attached hydrogen (secondary N) is 1. The van der Waals surface area contributed by atoms with E-state index in [0.717, 1.165) is 10.2 Å². The Bertz CT molecular complexity index is 668. The van der Waals surface area contributed by atoms with E-state index in [1.807, 2.05) is 38.1 Å². The molecule has 21 heavy (non-hydrogen) atoms. The highest BCUT2D eigenvalue weighted by Gasteiger charge is 2.12. The number of hydrogen-bond donors (Lipinski definition) is 2. The number of anilines is 1. The number of hydrogen-bond acceptors (Lipinski definition) is 4. The average Bonchev–Trinajstić information content (AvgIpc) is 2.47. The second-order valence-corrected chi connectivity index (χ2v) is 5.28. The van der Waals surface area contributed by atoms with Crippen LogP contribution >= 0.6 is 11.6 Å². The molecule has 0 amide bonds. The highest BCUT2D eigenvalue weighted by molar-refractivity contribution is 6.32. The molecule has 0 saturated carbocycles. The zero-order valence-corrected chi connectivity index (χ0v) is 12.8. The Morgan fingerprint density at radius 2 is 2.05 bits per heavy atom. The van der Waals surface area contributed by atoms with Gasteiger partial charge in [-0.1, -0.05) is 41.4 Å². The summed E-state index contributed by atoms with van der Waals surface area (Å²) in [5.41, 5.74) is 2.37. The standard InChI is InChI=1S/C15H18ClN3O2/c1-10-3-5-12(6-4-10)11(2)18-13-9-17-19(7-8-20)15(21)14(13)16/h3-6,9,11,18,20H,7-8H2,1-2H3. The normalized spacial score (nSPS) is 12.2. The molecule has 0 spiro atoms. The number of benzene rings is 1. The first-order chi connectivity index (χ1) is 10.0. The topological polar surface area (TPSA) is 67.2 Å². The molecule has 6 heteroatoms. The van der Waals surface area contributed by atoms with Gasteiger partial charge >= 0.3 is 0 Å². The summed E-state index contributed by atoms with van der Waals surface area (Å²) in [6.45, 7) is 3.99. The number of aryl methyl sites for hydroxylation is 1. The fourth-order valence-corrected chi connectivity index (χ4v) is 2.19. The van der Waals surface area contributed by atoms with E-state index in [2.05, 4.69) is 10.4 Å². The van der Waals surface area contributed by atoms with Crippen LogP contribution in [0.3, 0.4) is 0 Å². The van der Waals surface area contributed by atoms with Crippen molar-refractivity contribution >= 4 is 17.3 Å². The summed E-state index contributed by atoms with van der Waals surface area (Å²) in [6, 6.07) is 8.12. The highest BCUT2D eigenvalue weighted by Crippen LogP contribution is 2.22. The number of aromatic nitrogens is 2. The van der Waals surface area contributed by atoms with Crippen molar-refractivity contribution in [2.75, 3.05) is 11.9 Å². The van der Waals surface area contributed by atoms with E-state index >= 15 is 0 Å². The first-order valence-electron chi connectivity index (χ1n) is 6.72. The minimum Gasteiger partial charge on any atom is -0.394 e. The molecule has 2 aromatic rings. The van der Waals surface area contributed by atoms with Crippen LogP contribution in [0.5, 0.6) is 0 Å². The summed E-state index contributed by atoms with van der Waals surface area (Å²) >= 11 is 6.07. The van der Waals surface area contributed by atoms with E-state index in [9.17, 15) is 4.79 Å². The van der Waals surface area contributed by atoms with E-state index in [-0.39, 0.29) is 24.2 Å². The van der Waals surface area contributed by atoms with Crippen molar-refractivity contribution in [3.63, 3.8) is 0 Å². The van der Waals surface area contributed by atoms with Crippen LogP contribution in [0.15, 0.2) is 35.3 Å². The molecule has 0 radical (unpaired) electrons. The first kappa shape index (κ1) is 15.5. The number of halogens is 1. The summed E-state index contributed by atoms with van der Waals surface area (Å²) < 4.78 is 1.14. The molecule has 112 valence electrons. The van der Waals surface area contributed by atoms with Crippen LogP contribution < -0.4 is 10.9 Å². The van der Waals surface area contributed by atoms with Gasteiger partial charge in [0.2, 0.25) is 0 Å². The Morgan fingerprint density at radius 3 is 2.67 bits per heavy atom. The van der Waals surface area contributed by atoms with Crippen LogP contribution in [0.2, 0.25) is 5.02 Å². The first-order valence-corrected chi connectivity index (χ1v) is 7.10. The van der Waals surface area contributed by atoms with Gasteiger partial charge in [-0.2, -0.15) is 5.10 Å². The van der Waals surface area contributed by atoms with Crippen molar-refractivity contribution in [1.82, 2.24) is 9.78 Å². The minimum absolute atomic E-state index is 0.00186. The summed E-state index contributed by atoms with van der Waals surface area (Å²) in [7, 11) is 0. The van der Waals surface area contributed by atoms with Crippen LogP contribution in [0.25, 0.3) is 0 Å². The lowest BCUT2D eigenvalue weighted by atomic mass is 10.1. The van der Waals surface area contributed by atoms with Crippen LogP contribution in [0, 0.1) is 6.92 Å². The summed E-state index contributed by atoms with van der Waals surface area (Å²) in [5, 5.41) is 16.1. The fourth-order valence-electron chi connectivity index (χ4n) is 1.99. The molecule has 0 aliphatic carbocycles. The molecule has 2 rings (SSSR count). The molecule has 0 aliphatic rings. The Kier molecular flexibility index (Phi) is 4.98. The molecular weight excluding hydrogens is 290 g/mol. The molecule has 0 fully saturated rings. The summed E-state index contributed by atoms with van der Waals surface area (Å²) in [6.07, 6.45) is 1.50. The van der Waals surface area contributed by atoms with Gasteiger partial charge in [0.15, 0.2) is 0 Å². The van der Waals surface area contributed by atoms with E-state index in [0.29, 0.717) is 5.69 Å². The van der Waals surface area contributed by atoms with Crippen molar-refractivity contribution < 1.29 is 5.11 Å². The van der Waals surface area contributed by atoms with Crippen molar-refractivity contribution in [1.29, 1.82) is 0 Å². The molecule has 1 unspecified atom stereocenters. The zero-order valence-electron chi connectivity index (χ0n) is 12.0. The molecule has 2 N–H and O–H groups in total. The number of nitrogens with zero attached hydrogens (tertiary/aromatic N) is 2. The second kappa shape index (κ2) is 6.74. The van der Waals surface area contributed by atoms with Crippen LogP contribution in [0.4, 0.5) is 5.69 Å².